The molecule has 0 bridgehead atoms. The highest BCUT2D eigenvalue weighted by Crippen LogP contribution is 2.33. The van der Waals surface area contributed by atoms with Crippen LogP contribution in [0.4, 0.5) is 0 Å². The zero-order chi connectivity index (χ0) is 12.8. The van der Waals surface area contributed by atoms with Crippen molar-refractivity contribution >= 4 is 0 Å². The maximum absolute atomic E-state index is 5.88. The van der Waals surface area contributed by atoms with E-state index in [0.717, 1.165) is 38.2 Å². The molecule has 0 radical (unpaired) electrons. The number of para-hydroxylation sites is 1. The predicted molar refractivity (Wildman–Crippen MR) is 76.1 cm³/mol. The van der Waals surface area contributed by atoms with E-state index < -0.39 is 0 Å². The van der Waals surface area contributed by atoms with E-state index >= 15 is 0 Å². The van der Waals surface area contributed by atoms with Gasteiger partial charge in [-0.2, -0.15) is 0 Å². The second-order valence-corrected chi connectivity index (χ2v) is 4.85. The van der Waals surface area contributed by atoms with Crippen LogP contribution in [0.5, 0.6) is 5.75 Å². The molecule has 0 saturated heterocycles. The highest BCUT2D eigenvalue weighted by molar-refractivity contribution is 5.43. The molecule has 2 heteroatoms. The van der Waals surface area contributed by atoms with Gasteiger partial charge in [-0.05, 0) is 45.2 Å². The van der Waals surface area contributed by atoms with Crippen molar-refractivity contribution in [3.8, 4) is 5.75 Å². The first kappa shape index (κ1) is 13.2. The van der Waals surface area contributed by atoms with Gasteiger partial charge in [-0.3, -0.25) is 0 Å². The number of hydrogen-bond acceptors (Lipinski definition) is 2. The topological polar surface area (TPSA) is 21.3 Å². The fourth-order valence-electron chi connectivity index (χ4n) is 2.48. The lowest BCUT2D eigenvalue weighted by molar-refractivity contribution is 0.313. The van der Waals surface area contributed by atoms with Gasteiger partial charge in [-0.25, -0.2) is 0 Å². The molecule has 2 nitrogen and oxygen atoms in total. The molecule has 1 aromatic rings. The Kier molecular flexibility index (Phi) is 4.82. The van der Waals surface area contributed by atoms with Gasteiger partial charge in [0.05, 0.1) is 6.61 Å². The second kappa shape index (κ2) is 6.60. The van der Waals surface area contributed by atoms with Crippen LogP contribution in [0.3, 0.4) is 0 Å². The number of rotatable bonds is 4. The largest absolute Gasteiger partial charge is 0.493 e. The average molecular weight is 245 g/mol. The molecule has 2 rings (SSSR count). The summed E-state index contributed by atoms with van der Waals surface area (Å²) in [6, 6.07) is 6.89. The van der Waals surface area contributed by atoms with Crippen molar-refractivity contribution < 1.29 is 4.74 Å². The third-order valence-electron chi connectivity index (χ3n) is 3.44. The fourth-order valence-corrected chi connectivity index (χ4v) is 2.48. The first-order valence-electron chi connectivity index (χ1n) is 6.89. The van der Waals surface area contributed by atoms with Crippen LogP contribution in [-0.4, -0.2) is 13.2 Å². The Morgan fingerprint density at radius 3 is 3.17 bits per heavy atom. The Balaban J connectivity index is 2.09. The number of allylic oxidation sites excluding steroid dienone is 1. The van der Waals surface area contributed by atoms with Crippen LogP contribution < -0.4 is 10.1 Å². The third-order valence-corrected chi connectivity index (χ3v) is 3.44. The molecule has 0 amide bonds. The molecule has 0 aliphatic carbocycles. The minimum Gasteiger partial charge on any atom is -0.493 e. The van der Waals surface area contributed by atoms with E-state index in [1.165, 1.54) is 11.1 Å². The SMILES string of the molecule is C/C=C/CCNC1CCCOc2c(C)cccc21. The lowest BCUT2D eigenvalue weighted by atomic mass is 10.00. The first-order valence-corrected chi connectivity index (χ1v) is 6.89. The lowest BCUT2D eigenvalue weighted by Crippen LogP contribution is -2.22. The molecule has 0 saturated carbocycles. The molecule has 1 N–H and O–H groups in total. The fraction of sp³-hybridized carbons (Fsp3) is 0.500. The monoisotopic (exact) mass is 245 g/mol. The molecule has 98 valence electrons. The van der Waals surface area contributed by atoms with E-state index in [1.807, 2.05) is 0 Å². The number of benzene rings is 1. The Labute approximate surface area is 110 Å². The van der Waals surface area contributed by atoms with Gasteiger partial charge in [-0.15, -0.1) is 0 Å². The van der Waals surface area contributed by atoms with Crippen molar-refractivity contribution in [2.45, 2.75) is 39.2 Å². The predicted octanol–water partition coefficient (Wildman–Crippen LogP) is 3.76. The highest BCUT2D eigenvalue weighted by Gasteiger charge is 2.19. The van der Waals surface area contributed by atoms with Crippen molar-refractivity contribution in [2.75, 3.05) is 13.2 Å². The quantitative estimate of drug-likeness (QED) is 0.644. The van der Waals surface area contributed by atoms with Gasteiger partial charge < -0.3 is 10.1 Å². The number of aryl methyl sites for hydroxylation is 1. The molecule has 0 fully saturated rings. The number of ether oxygens (including phenoxy) is 1. The van der Waals surface area contributed by atoms with E-state index in [4.69, 9.17) is 4.74 Å². The van der Waals surface area contributed by atoms with Crippen LogP contribution in [0, 0.1) is 6.92 Å². The summed E-state index contributed by atoms with van der Waals surface area (Å²) in [5.74, 6) is 1.10. The molecule has 1 heterocycles. The summed E-state index contributed by atoms with van der Waals surface area (Å²) in [5.41, 5.74) is 2.57. The number of fused-ring (bicyclic) bond motifs is 1. The summed E-state index contributed by atoms with van der Waals surface area (Å²) in [6.45, 7) is 6.06. The van der Waals surface area contributed by atoms with E-state index in [1.54, 1.807) is 0 Å². The smallest absolute Gasteiger partial charge is 0.126 e. The lowest BCUT2D eigenvalue weighted by Gasteiger charge is -2.19. The Bertz CT molecular complexity index is 412. The normalized spacial score (nSPS) is 19.3. The van der Waals surface area contributed by atoms with Gasteiger partial charge in [0.25, 0.3) is 0 Å². The standard InChI is InChI=1S/C16H23NO/c1-3-4-5-11-17-15-10-7-12-18-16-13(2)8-6-9-14(15)16/h3-4,6,8-9,15,17H,5,7,10-12H2,1-2H3/b4-3+. The molecule has 1 aliphatic heterocycles. The van der Waals surface area contributed by atoms with Crippen LogP contribution >= 0.6 is 0 Å². The maximum atomic E-state index is 5.88. The van der Waals surface area contributed by atoms with Crippen molar-refractivity contribution in [3.63, 3.8) is 0 Å². The van der Waals surface area contributed by atoms with E-state index in [-0.39, 0.29) is 0 Å². The number of hydrogen-bond donors (Lipinski definition) is 1. The molecule has 18 heavy (non-hydrogen) atoms. The van der Waals surface area contributed by atoms with Gasteiger partial charge in [-0.1, -0.05) is 30.4 Å². The molecule has 0 spiro atoms. The van der Waals surface area contributed by atoms with Crippen LogP contribution in [0.15, 0.2) is 30.4 Å². The number of nitrogens with one attached hydrogen (secondary N) is 1. The summed E-state index contributed by atoms with van der Waals surface area (Å²) in [7, 11) is 0. The van der Waals surface area contributed by atoms with Crippen LogP contribution in [0.25, 0.3) is 0 Å². The minimum atomic E-state index is 0.438. The van der Waals surface area contributed by atoms with Gasteiger partial charge in [0.15, 0.2) is 0 Å². The Morgan fingerprint density at radius 2 is 2.33 bits per heavy atom. The van der Waals surface area contributed by atoms with Gasteiger partial charge in [0, 0.05) is 11.6 Å². The van der Waals surface area contributed by atoms with Crippen molar-refractivity contribution in [1.82, 2.24) is 5.32 Å². The third kappa shape index (κ3) is 3.14. The molecule has 0 aromatic heterocycles. The molecule has 1 aliphatic rings. The molecular formula is C16H23NO. The summed E-state index contributed by atoms with van der Waals surface area (Å²) < 4.78 is 5.88. The van der Waals surface area contributed by atoms with Crippen molar-refractivity contribution in [1.29, 1.82) is 0 Å². The molecule has 1 atom stereocenters. The minimum absolute atomic E-state index is 0.438. The summed E-state index contributed by atoms with van der Waals surface area (Å²) >= 11 is 0. The van der Waals surface area contributed by atoms with E-state index in [0.29, 0.717) is 6.04 Å². The Morgan fingerprint density at radius 1 is 1.44 bits per heavy atom. The summed E-state index contributed by atoms with van der Waals surface area (Å²) in [5, 5.41) is 3.65. The second-order valence-electron chi connectivity index (χ2n) is 4.85. The van der Waals surface area contributed by atoms with Gasteiger partial charge in [0.1, 0.15) is 5.75 Å². The van der Waals surface area contributed by atoms with Gasteiger partial charge >= 0.3 is 0 Å². The van der Waals surface area contributed by atoms with Crippen LogP contribution in [0.2, 0.25) is 0 Å². The van der Waals surface area contributed by atoms with Crippen molar-refractivity contribution in [3.05, 3.63) is 41.5 Å². The van der Waals surface area contributed by atoms with Crippen molar-refractivity contribution in [2.24, 2.45) is 0 Å². The zero-order valence-electron chi connectivity index (χ0n) is 11.4. The Hall–Kier alpha value is -1.28. The van der Waals surface area contributed by atoms with E-state index in [9.17, 15) is 0 Å². The molecular weight excluding hydrogens is 222 g/mol. The van der Waals surface area contributed by atoms with E-state index in [2.05, 4.69) is 49.5 Å². The summed E-state index contributed by atoms with van der Waals surface area (Å²) in [6.07, 6.45) is 7.68. The zero-order valence-corrected chi connectivity index (χ0v) is 11.4. The molecule has 1 aromatic carbocycles. The van der Waals surface area contributed by atoms with Crippen LogP contribution in [-0.2, 0) is 0 Å². The molecule has 1 unspecified atom stereocenters. The first-order chi connectivity index (χ1) is 8.83. The van der Waals surface area contributed by atoms with Gasteiger partial charge in [0.2, 0.25) is 0 Å². The highest BCUT2D eigenvalue weighted by atomic mass is 16.5. The average Bonchev–Trinajstić information content (AvgIpc) is 2.58. The van der Waals surface area contributed by atoms with Crippen LogP contribution in [0.1, 0.15) is 43.4 Å². The summed E-state index contributed by atoms with van der Waals surface area (Å²) in [4.78, 5) is 0. The maximum Gasteiger partial charge on any atom is 0.126 e.